The molecule has 0 aliphatic heterocycles. The van der Waals surface area contributed by atoms with E-state index in [2.05, 4.69) is 21.2 Å². The largest absolute Gasteiger partial charge is 0.493 e. The summed E-state index contributed by atoms with van der Waals surface area (Å²) in [5.41, 5.74) is 0.917. The number of hydrogen-bond donors (Lipinski definition) is 1. The zero-order chi connectivity index (χ0) is 21.2. The third-order valence-electron chi connectivity index (χ3n) is 4.38. The summed E-state index contributed by atoms with van der Waals surface area (Å²) in [7, 11) is 1.55. The highest BCUT2D eigenvalue weighted by molar-refractivity contribution is 9.10. The van der Waals surface area contributed by atoms with Crippen LogP contribution in [-0.2, 0) is 16.1 Å². The summed E-state index contributed by atoms with van der Waals surface area (Å²) < 4.78 is 11.9. The van der Waals surface area contributed by atoms with Crippen LogP contribution in [0.1, 0.15) is 25.8 Å². The van der Waals surface area contributed by atoms with Crippen LogP contribution in [0.3, 0.4) is 0 Å². The van der Waals surface area contributed by atoms with E-state index in [4.69, 9.17) is 9.47 Å². The minimum absolute atomic E-state index is 0.188. The molecule has 156 valence electrons. The maximum absolute atomic E-state index is 13.0. The van der Waals surface area contributed by atoms with Crippen molar-refractivity contribution in [3.63, 3.8) is 0 Å². The van der Waals surface area contributed by atoms with E-state index in [1.165, 1.54) is 4.90 Å². The molecule has 0 bridgehead atoms. The number of methoxy groups -OCH3 is 1. The molecule has 0 radical (unpaired) electrons. The fraction of sp³-hybridized carbons (Fsp3) is 0.364. The predicted molar refractivity (Wildman–Crippen MR) is 116 cm³/mol. The molecule has 1 N–H and O–H groups in total. The Bertz CT molecular complexity index is 828. The number of amides is 2. The number of carbonyl (C=O) groups excluding carboxylic acids is 2. The lowest BCUT2D eigenvalue weighted by molar-refractivity contribution is -0.142. The van der Waals surface area contributed by atoms with Gasteiger partial charge in [0.1, 0.15) is 6.04 Å². The first-order chi connectivity index (χ1) is 14.0. The Morgan fingerprint density at radius 2 is 1.86 bits per heavy atom. The zero-order valence-corrected chi connectivity index (χ0v) is 18.6. The lowest BCUT2D eigenvalue weighted by atomic mass is 10.1. The number of nitrogens with one attached hydrogen (secondary N) is 1. The number of ether oxygens (including phenoxy) is 2. The van der Waals surface area contributed by atoms with E-state index in [1.807, 2.05) is 43.3 Å². The second kappa shape index (κ2) is 11.5. The van der Waals surface area contributed by atoms with Crippen molar-refractivity contribution in [3.05, 3.63) is 58.6 Å². The van der Waals surface area contributed by atoms with Crippen molar-refractivity contribution < 1.29 is 19.1 Å². The first kappa shape index (κ1) is 22.7. The molecule has 1 atom stereocenters. The van der Waals surface area contributed by atoms with E-state index >= 15 is 0 Å². The van der Waals surface area contributed by atoms with Crippen LogP contribution in [0.4, 0.5) is 0 Å². The summed E-state index contributed by atoms with van der Waals surface area (Å²) in [6.07, 6.45) is 0.828. The van der Waals surface area contributed by atoms with Crippen LogP contribution in [0, 0.1) is 0 Å². The van der Waals surface area contributed by atoms with Gasteiger partial charge < -0.3 is 19.7 Å². The Labute approximate surface area is 180 Å². The average molecular weight is 463 g/mol. The van der Waals surface area contributed by atoms with Crippen LogP contribution in [0.25, 0.3) is 0 Å². The molecular weight excluding hydrogens is 436 g/mol. The van der Waals surface area contributed by atoms with Crippen molar-refractivity contribution in [1.29, 1.82) is 0 Å². The Morgan fingerprint density at radius 3 is 2.52 bits per heavy atom. The lowest BCUT2D eigenvalue weighted by Crippen LogP contribution is -2.49. The summed E-state index contributed by atoms with van der Waals surface area (Å²) in [4.78, 5) is 27.0. The van der Waals surface area contributed by atoms with E-state index in [1.54, 1.807) is 26.2 Å². The van der Waals surface area contributed by atoms with Gasteiger partial charge in [0.2, 0.25) is 5.91 Å². The Balaban J connectivity index is 2.16. The number of halogens is 1. The molecule has 7 heteroatoms. The number of hydrogen-bond acceptors (Lipinski definition) is 4. The SMILES string of the molecule is CCCNC(=O)[C@H](C)N(Cc1cccc(Br)c1)C(=O)COc1ccccc1OC. The standard InChI is InChI=1S/C22H27BrN2O4/c1-4-12-24-22(27)16(2)25(14-17-8-7-9-18(23)13-17)21(26)15-29-20-11-6-5-10-19(20)28-3/h5-11,13,16H,4,12,14-15H2,1-3H3,(H,24,27)/t16-/m0/s1. The van der Waals surface area contributed by atoms with E-state index in [-0.39, 0.29) is 18.4 Å². The van der Waals surface area contributed by atoms with Gasteiger partial charge in [0.05, 0.1) is 7.11 Å². The van der Waals surface area contributed by atoms with Crippen LogP contribution in [-0.4, -0.2) is 43.0 Å². The van der Waals surface area contributed by atoms with Gasteiger partial charge >= 0.3 is 0 Å². The molecule has 2 aromatic rings. The Hall–Kier alpha value is -2.54. The zero-order valence-electron chi connectivity index (χ0n) is 17.0. The highest BCUT2D eigenvalue weighted by Gasteiger charge is 2.26. The smallest absolute Gasteiger partial charge is 0.261 e. The Kier molecular flexibility index (Phi) is 8.99. The van der Waals surface area contributed by atoms with Crippen LogP contribution < -0.4 is 14.8 Å². The van der Waals surface area contributed by atoms with Crippen molar-refractivity contribution in [1.82, 2.24) is 10.2 Å². The van der Waals surface area contributed by atoms with Crippen LogP contribution in [0.2, 0.25) is 0 Å². The highest BCUT2D eigenvalue weighted by atomic mass is 79.9. The fourth-order valence-corrected chi connectivity index (χ4v) is 3.22. The first-order valence-corrected chi connectivity index (χ1v) is 10.3. The van der Waals surface area contributed by atoms with E-state index in [9.17, 15) is 9.59 Å². The number of rotatable bonds is 10. The van der Waals surface area contributed by atoms with Crippen molar-refractivity contribution in [2.45, 2.75) is 32.9 Å². The summed E-state index contributed by atoms with van der Waals surface area (Å²) in [6, 6.07) is 14.2. The summed E-state index contributed by atoms with van der Waals surface area (Å²) >= 11 is 3.45. The maximum atomic E-state index is 13.0. The van der Waals surface area contributed by atoms with Gasteiger partial charge in [0, 0.05) is 17.6 Å². The van der Waals surface area contributed by atoms with Crippen LogP contribution in [0.5, 0.6) is 11.5 Å². The molecule has 29 heavy (non-hydrogen) atoms. The van der Waals surface area contributed by atoms with Gasteiger partial charge in [-0.15, -0.1) is 0 Å². The molecule has 0 saturated heterocycles. The second-order valence-corrected chi connectivity index (χ2v) is 7.47. The topological polar surface area (TPSA) is 67.9 Å². The molecule has 0 fully saturated rings. The fourth-order valence-electron chi connectivity index (χ4n) is 2.77. The van der Waals surface area contributed by atoms with Crippen molar-refractivity contribution >= 4 is 27.7 Å². The van der Waals surface area contributed by atoms with Gasteiger partial charge in [0.15, 0.2) is 18.1 Å². The summed E-state index contributed by atoms with van der Waals surface area (Å²) in [5.74, 6) is 0.559. The molecule has 0 saturated carbocycles. The number of carbonyl (C=O) groups is 2. The molecule has 6 nitrogen and oxygen atoms in total. The minimum atomic E-state index is -0.630. The van der Waals surface area contributed by atoms with Crippen LogP contribution >= 0.6 is 15.9 Å². The molecule has 0 aliphatic rings. The number of benzene rings is 2. The van der Waals surface area contributed by atoms with Crippen molar-refractivity contribution in [2.75, 3.05) is 20.3 Å². The van der Waals surface area contributed by atoms with E-state index in [0.717, 1.165) is 16.5 Å². The molecule has 0 heterocycles. The number of nitrogens with zero attached hydrogens (tertiary/aromatic N) is 1. The third kappa shape index (κ3) is 6.78. The maximum Gasteiger partial charge on any atom is 0.261 e. The van der Waals surface area contributed by atoms with Gasteiger partial charge in [-0.05, 0) is 43.2 Å². The van der Waals surface area contributed by atoms with Gasteiger partial charge in [-0.1, -0.05) is 47.1 Å². The average Bonchev–Trinajstić information content (AvgIpc) is 2.73. The van der Waals surface area contributed by atoms with Gasteiger partial charge in [-0.3, -0.25) is 9.59 Å². The van der Waals surface area contributed by atoms with E-state index < -0.39 is 6.04 Å². The lowest BCUT2D eigenvalue weighted by Gasteiger charge is -2.29. The summed E-state index contributed by atoms with van der Waals surface area (Å²) in [6.45, 7) is 4.38. The molecule has 0 unspecified atom stereocenters. The normalized spacial score (nSPS) is 11.4. The van der Waals surface area contributed by atoms with E-state index in [0.29, 0.717) is 24.6 Å². The van der Waals surface area contributed by atoms with Gasteiger partial charge in [-0.2, -0.15) is 0 Å². The molecule has 0 aliphatic carbocycles. The molecule has 2 aromatic carbocycles. The van der Waals surface area contributed by atoms with Crippen molar-refractivity contribution in [2.24, 2.45) is 0 Å². The third-order valence-corrected chi connectivity index (χ3v) is 4.87. The second-order valence-electron chi connectivity index (χ2n) is 6.56. The molecular formula is C22H27BrN2O4. The quantitative estimate of drug-likeness (QED) is 0.583. The molecule has 0 spiro atoms. The molecule has 0 aromatic heterocycles. The number of para-hydroxylation sites is 2. The highest BCUT2D eigenvalue weighted by Crippen LogP contribution is 2.26. The van der Waals surface area contributed by atoms with Gasteiger partial charge in [-0.25, -0.2) is 0 Å². The molecule has 2 rings (SSSR count). The first-order valence-electron chi connectivity index (χ1n) is 9.53. The monoisotopic (exact) mass is 462 g/mol. The van der Waals surface area contributed by atoms with Crippen LogP contribution in [0.15, 0.2) is 53.0 Å². The minimum Gasteiger partial charge on any atom is -0.493 e. The van der Waals surface area contributed by atoms with Gasteiger partial charge in [0.25, 0.3) is 5.91 Å². The summed E-state index contributed by atoms with van der Waals surface area (Å²) in [5, 5.41) is 2.85. The predicted octanol–water partition coefficient (Wildman–Crippen LogP) is 3.78. The molecule has 2 amide bonds. The Morgan fingerprint density at radius 1 is 1.14 bits per heavy atom. The van der Waals surface area contributed by atoms with Crippen molar-refractivity contribution in [3.8, 4) is 11.5 Å².